The minimum atomic E-state index is -4.31. The molecule has 10 heteroatoms. The van der Waals surface area contributed by atoms with Crippen molar-refractivity contribution in [1.82, 2.24) is 4.72 Å². The van der Waals surface area contributed by atoms with E-state index in [2.05, 4.69) is 0 Å². The highest BCUT2D eigenvalue weighted by molar-refractivity contribution is 7.90. The number of nitrogens with zero attached hydrogens (tertiary/aromatic N) is 1. The Morgan fingerprint density at radius 3 is 2.43 bits per heavy atom. The van der Waals surface area contributed by atoms with Crippen LogP contribution in [0.5, 0.6) is 5.75 Å². The lowest BCUT2D eigenvalue weighted by Crippen LogP contribution is -2.30. The molecule has 0 aliphatic heterocycles. The first-order valence-electron chi connectivity index (χ1n) is 9.48. The largest absolute Gasteiger partial charge is 0.487 e. The molecule has 30 heavy (non-hydrogen) atoms. The van der Waals surface area contributed by atoms with Gasteiger partial charge in [-0.3, -0.25) is 14.9 Å². The predicted molar refractivity (Wildman–Crippen MR) is 108 cm³/mol. The number of benzene rings is 2. The van der Waals surface area contributed by atoms with Gasteiger partial charge in [0.25, 0.3) is 15.9 Å². The van der Waals surface area contributed by atoms with Crippen LogP contribution in [-0.4, -0.2) is 37.1 Å². The molecule has 1 fully saturated rings. The number of hydrogen-bond acceptors (Lipinski definition) is 7. The Bertz CT molecular complexity index is 1020. The van der Waals surface area contributed by atoms with Gasteiger partial charge in [-0.05, 0) is 55.9 Å². The first-order chi connectivity index (χ1) is 14.3. The van der Waals surface area contributed by atoms with Gasteiger partial charge in [0.1, 0.15) is 0 Å². The van der Waals surface area contributed by atoms with E-state index in [1.165, 1.54) is 18.2 Å². The average Bonchev–Trinajstić information content (AvgIpc) is 2.73. The highest BCUT2D eigenvalue weighted by atomic mass is 32.2. The number of nitro benzene ring substituents is 1. The number of aliphatic hydroxyl groups is 1. The summed E-state index contributed by atoms with van der Waals surface area (Å²) in [6, 6.07) is 11.0. The number of nitrogens with one attached hydrogen (secondary N) is 1. The molecule has 1 saturated carbocycles. The Kier molecular flexibility index (Phi) is 6.68. The number of sulfonamides is 1. The van der Waals surface area contributed by atoms with Crippen LogP contribution in [0.3, 0.4) is 0 Å². The molecule has 0 bridgehead atoms. The molecule has 9 nitrogen and oxygen atoms in total. The van der Waals surface area contributed by atoms with Gasteiger partial charge in [0.15, 0.2) is 5.75 Å². The van der Waals surface area contributed by atoms with Crippen LogP contribution >= 0.6 is 0 Å². The maximum atomic E-state index is 12.5. The first-order valence-corrected chi connectivity index (χ1v) is 11.0. The third kappa shape index (κ3) is 5.33. The van der Waals surface area contributed by atoms with Crippen molar-refractivity contribution >= 4 is 21.6 Å². The zero-order valence-electron chi connectivity index (χ0n) is 16.1. The van der Waals surface area contributed by atoms with Gasteiger partial charge >= 0.3 is 5.69 Å². The lowest BCUT2D eigenvalue weighted by atomic mass is 9.88. The van der Waals surface area contributed by atoms with Crippen molar-refractivity contribution in [3.8, 4) is 5.75 Å². The molecule has 1 amide bonds. The van der Waals surface area contributed by atoms with Crippen LogP contribution in [0.25, 0.3) is 0 Å². The fourth-order valence-corrected chi connectivity index (χ4v) is 4.27. The molecule has 2 N–H and O–H groups in total. The van der Waals surface area contributed by atoms with E-state index in [1.54, 1.807) is 18.2 Å². The fourth-order valence-electron chi connectivity index (χ4n) is 3.28. The number of amides is 1. The SMILES string of the molecule is O=C(NS(=O)(=O)c1ccc(OCC2CCC(O)CC2)c([N+](=O)[O-])c1)c1ccccc1. The summed E-state index contributed by atoms with van der Waals surface area (Å²) < 4.78 is 32.5. The van der Waals surface area contributed by atoms with Crippen molar-refractivity contribution in [1.29, 1.82) is 0 Å². The molecule has 0 unspecified atom stereocenters. The fraction of sp³-hybridized carbons (Fsp3) is 0.350. The van der Waals surface area contributed by atoms with Crippen LogP contribution < -0.4 is 9.46 Å². The lowest BCUT2D eigenvalue weighted by molar-refractivity contribution is -0.386. The molecular weight excluding hydrogens is 412 g/mol. The minimum Gasteiger partial charge on any atom is -0.487 e. The van der Waals surface area contributed by atoms with Gasteiger partial charge in [-0.1, -0.05) is 18.2 Å². The Balaban J connectivity index is 1.75. The standard InChI is InChI=1S/C20H22N2O7S/c23-16-8-6-14(7-9-16)13-29-19-11-10-17(12-18(19)22(25)26)30(27,28)21-20(24)15-4-2-1-3-5-15/h1-5,10-12,14,16,23H,6-9,13H2,(H,21,24). The molecule has 0 spiro atoms. The average molecular weight is 434 g/mol. The Labute approximate surface area is 173 Å². The summed E-state index contributed by atoms with van der Waals surface area (Å²) in [7, 11) is -4.31. The Morgan fingerprint density at radius 1 is 1.13 bits per heavy atom. The third-order valence-electron chi connectivity index (χ3n) is 4.99. The number of rotatable bonds is 7. The maximum absolute atomic E-state index is 12.5. The molecule has 1 aliphatic rings. The molecule has 0 heterocycles. The summed E-state index contributed by atoms with van der Waals surface area (Å²) in [5, 5.41) is 21.0. The van der Waals surface area contributed by atoms with Crippen molar-refractivity contribution in [2.24, 2.45) is 5.92 Å². The second-order valence-electron chi connectivity index (χ2n) is 7.17. The first kappa shape index (κ1) is 21.7. The molecule has 160 valence electrons. The molecule has 1 aliphatic carbocycles. The summed E-state index contributed by atoms with van der Waals surface area (Å²) >= 11 is 0. The van der Waals surface area contributed by atoms with Gasteiger partial charge in [-0.15, -0.1) is 0 Å². The van der Waals surface area contributed by atoms with Gasteiger partial charge < -0.3 is 9.84 Å². The Hall–Kier alpha value is -2.98. The Morgan fingerprint density at radius 2 is 1.80 bits per heavy atom. The van der Waals surface area contributed by atoms with Crippen LogP contribution in [0.2, 0.25) is 0 Å². The normalized spacial score (nSPS) is 19.1. The van der Waals surface area contributed by atoms with E-state index < -0.39 is 31.4 Å². The maximum Gasteiger partial charge on any atom is 0.312 e. The third-order valence-corrected chi connectivity index (χ3v) is 6.32. The molecular formula is C20H22N2O7S. The zero-order valence-corrected chi connectivity index (χ0v) is 16.9. The van der Waals surface area contributed by atoms with Crippen molar-refractivity contribution in [2.45, 2.75) is 36.7 Å². The van der Waals surface area contributed by atoms with Gasteiger partial charge in [-0.25, -0.2) is 13.1 Å². The van der Waals surface area contributed by atoms with Crippen LogP contribution in [-0.2, 0) is 10.0 Å². The van der Waals surface area contributed by atoms with E-state index in [4.69, 9.17) is 4.74 Å². The smallest absolute Gasteiger partial charge is 0.312 e. The van der Waals surface area contributed by atoms with E-state index in [-0.39, 0.29) is 29.9 Å². The van der Waals surface area contributed by atoms with Gasteiger partial charge in [0.2, 0.25) is 0 Å². The van der Waals surface area contributed by atoms with Gasteiger partial charge in [-0.2, -0.15) is 0 Å². The summed E-state index contributed by atoms with van der Waals surface area (Å²) in [5.41, 5.74) is -0.353. The number of ether oxygens (including phenoxy) is 1. The van der Waals surface area contributed by atoms with Crippen LogP contribution in [0.4, 0.5) is 5.69 Å². The zero-order chi connectivity index (χ0) is 21.7. The lowest BCUT2D eigenvalue weighted by Gasteiger charge is -2.25. The van der Waals surface area contributed by atoms with Crippen molar-refractivity contribution < 1.29 is 28.0 Å². The molecule has 2 aromatic rings. The number of carbonyl (C=O) groups excluding carboxylic acids is 1. The number of carbonyl (C=O) groups is 1. The topological polar surface area (TPSA) is 136 Å². The van der Waals surface area contributed by atoms with Crippen LogP contribution in [0.1, 0.15) is 36.0 Å². The van der Waals surface area contributed by atoms with Crippen LogP contribution in [0, 0.1) is 16.0 Å². The van der Waals surface area contributed by atoms with Crippen molar-refractivity contribution in [3.63, 3.8) is 0 Å². The summed E-state index contributed by atoms with van der Waals surface area (Å²) in [6.07, 6.45) is 2.52. The summed E-state index contributed by atoms with van der Waals surface area (Å²) in [6.45, 7) is 0.240. The second kappa shape index (κ2) is 9.23. The molecule has 0 saturated heterocycles. The molecule has 0 radical (unpaired) electrons. The summed E-state index contributed by atoms with van der Waals surface area (Å²) in [5.74, 6) is -0.709. The molecule has 3 rings (SSSR count). The van der Waals surface area contributed by atoms with E-state index in [9.17, 15) is 28.4 Å². The predicted octanol–water partition coefficient (Wildman–Crippen LogP) is 2.64. The second-order valence-corrected chi connectivity index (χ2v) is 8.86. The summed E-state index contributed by atoms with van der Waals surface area (Å²) in [4.78, 5) is 22.5. The van der Waals surface area contributed by atoms with Crippen molar-refractivity contribution in [2.75, 3.05) is 6.61 Å². The van der Waals surface area contributed by atoms with E-state index in [0.717, 1.165) is 25.0 Å². The molecule has 2 aromatic carbocycles. The highest BCUT2D eigenvalue weighted by Gasteiger charge is 2.26. The van der Waals surface area contributed by atoms with Gasteiger partial charge in [0.05, 0.1) is 22.5 Å². The van der Waals surface area contributed by atoms with Crippen molar-refractivity contribution in [3.05, 3.63) is 64.2 Å². The van der Waals surface area contributed by atoms with E-state index in [1.807, 2.05) is 4.72 Å². The van der Waals surface area contributed by atoms with Gasteiger partial charge in [0, 0.05) is 11.6 Å². The minimum absolute atomic E-state index is 0.0422. The monoisotopic (exact) mass is 434 g/mol. The van der Waals surface area contributed by atoms with Crippen LogP contribution in [0.15, 0.2) is 53.4 Å². The number of aliphatic hydroxyl groups excluding tert-OH is 1. The van der Waals surface area contributed by atoms with E-state index in [0.29, 0.717) is 12.8 Å². The number of hydrogen-bond donors (Lipinski definition) is 2. The van der Waals surface area contributed by atoms with E-state index >= 15 is 0 Å². The molecule has 0 aromatic heterocycles. The molecule has 0 atom stereocenters. The highest BCUT2D eigenvalue weighted by Crippen LogP contribution is 2.32. The number of nitro groups is 1. The quantitative estimate of drug-likeness (QED) is 0.505.